The molecule has 0 bridgehead atoms. The van der Waals surface area contributed by atoms with Gasteiger partial charge in [0.15, 0.2) is 6.61 Å². The van der Waals surface area contributed by atoms with Crippen molar-refractivity contribution in [3.8, 4) is 5.75 Å². The molecule has 4 nitrogen and oxygen atoms in total. The van der Waals surface area contributed by atoms with Crippen molar-refractivity contribution < 1.29 is 13.9 Å². The monoisotopic (exact) mass is 306 g/mol. The van der Waals surface area contributed by atoms with E-state index in [1.165, 1.54) is 17.0 Å². The Bertz CT molecular complexity index is 701. The number of ether oxygens (including phenoxy) is 1. The minimum Gasteiger partial charge on any atom is -0.481 e. The molecule has 0 saturated carbocycles. The van der Waals surface area contributed by atoms with E-state index >= 15 is 0 Å². The molecule has 1 heterocycles. The number of benzene rings is 2. The molecule has 0 saturated heterocycles. The third-order valence-electron chi connectivity index (χ3n) is 3.33. The van der Waals surface area contributed by atoms with Gasteiger partial charge in [0.1, 0.15) is 17.3 Å². The van der Waals surface area contributed by atoms with E-state index in [9.17, 15) is 9.18 Å². The van der Waals surface area contributed by atoms with Gasteiger partial charge in [0, 0.05) is 10.6 Å². The number of hydrogen-bond donors (Lipinski definition) is 1. The third-order valence-corrected chi connectivity index (χ3v) is 3.68. The lowest BCUT2D eigenvalue weighted by Gasteiger charge is -2.30. The van der Waals surface area contributed by atoms with Crippen molar-refractivity contribution in [3.05, 3.63) is 52.8 Å². The van der Waals surface area contributed by atoms with Crippen molar-refractivity contribution in [3.63, 3.8) is 0 Å². The Morgan fingerprint density at radius 1 is 1.29 bits per heavy atom. The molecule has 0 spiro atoms. The van der Waals surface area contributed by atoms with Crippen molar-refractivity contribution in [2.24, 2.45) is 0 Å². The molecule has 21 heavy (non-hydrogen) atoms. The van der Waals surface area contributed by atoms with E-state index in [0.29, 0.717) is 17.1 Å². The molecule has 0 aromatic heterocycles. The third kappa shape index (κ3) is 2.40. The molecule has 108 valence electrons. The molecule has 2 aromatic carbocycles. The first-order valence-electron chi connectivity index (χ1n) is 6.32. The summed E-state index contributed by atoms with van der Waals surface area (Å²) in [7, 11) is 0. The fourth-order valence-electron chi connectivity index (χ4n) is 2.30. The number of fused-ring (bicyclic) bond motifs is 1. The lowest BCUT2D eigenvalue weighted by molar-refractivity contribution is -0.121. The number of nitrogen functional groups attached to an aromatic ring is 1. The van der Waals surface area contributed by atoms with E-state index in [4.69, 9.17) is 22.1 Å². The van der Waals surface area contributed by atoms with Crippen molar-refractivity contribution >= 4 is 28.9 Å². The number of rotatable bonds is 2. The van der Waals surface area contributed by atoms with Gasteiger partial charge in [-0.2, -0.15) is 0 Å². The molecule has 1 aliphatic heterocycles. The number of carbonyl (C=O) groups is 1. The van der Waals surface area contributed by atoms with Gasteiger partial charge < -0.3 is 10.5 Å². The van der Waals surface area contributed by atoms with Crippen LogP contribution in [0, 0.1) is 5.82 Å². The summed E-state index contributed by atoms with van der Waals surface area (Å²) < 4.78 is 19.3. The standard InChI is InChI=1S/C15H12ClFN2O2/c16-10-3-1-4-11(17)9(10)7-19-14(20)8-21-13-6-2-5-12(18)15(13)19/h1-6H,7-8,18H2. The van der Waals surface area contributed by atoms with Crippen LogP contribution >= 0.6 is 11.6 Å². The topological polar surface area (TPSA) is 55.6 Å². The Kier molecular flexibility index (Phi) is 3.43. The molecule has 0 unspecified atom stereocenters. The van der Waals surface area contributed by atoms with E-state index in [2.05, 4.69) is 0 Å². The number of nitrogens with two attached hydrogens (primary N) is 1. The minimum atomic E-state index is -0.460. The van der Waals surface area contributed by atoms with Crippen LogP contribution in [0.1, 0.15) is 5.56 Å². The van der Waals surface area contributed by atoms with Gasteiger partial charge >= 0.3 is 0 Å². The Morgan fingerprint density at radius 2 is 2.05 bits per heavy atom. The number of carbonyl (C=O) groups excluding carboxylic acids is 1. The summed E-state index contributed by atoms with van der Waals surface area (Å²) in [6, 6.07) is 9.52. The van der Waals surface area contributed by atoms with Crippen LogP contribution < -0.4 is 15.4 Å². The molecular weight excluding hydrogens is 295 g/mol. The zero-order valence-electron chi connectivity index (χ0n) is 11.0. The maximum atomic E-state index is 13.9. The first-order chi connectivity index (χ1) is 10.1. The average Bonchev–Trinajstić information content (AvgIpc) is 2.45. The molecule has 3 rings (SSSR count). The molecule has 0 fully saturated rings. The summed E-state index contributed by atoms with van der Waals surface area (Å²) in [5.41, 5.74) is 7.02. The van der Waals surface area contributed by atoms with Crippen LogP contribution in [-0.4, -0.2) is 12.5 Å². The lowest BCUT2D eigenvalue weighted by atomic mass is 10.1. The lowest BCUT2D eigenvalue weighted by Crippen LogP contribution is -2.39. The Hall–Kier alpha value is -2.27. The maximum Gasteiger partial charge on any atom is 0.265 e. The van der Waals surface area contributed by atoms with E-state index in [1.807, 2.05) is 0 Å². The van der Waals surface area contributed by atoms with Crippen LogP contribution in [0.5, 0.6) is 5.75 Å². The van der Waals surface area contributed by atoms with Gasteiger partial charge in [0.05, 0.1) is 12.2 Å². The largest absolute Gasteiger partial charge is 0.481 e. The highest BCUT2D eigenvalue weighted by Crippen LogP contribution is 2.38. The van der Waals surface area contributed by atoms with Gasteiger partial charge in [-0.05, 0) is 24.3 Å². The first kappa shape index (κ1) is 13.7. The molecular formula is C15H12ClFN2O2. The molecule has 0 aliphatic carbocycles. The molecule has 1 aliphatic rings. The summed E-state index contributed by atoms with van der Waals surface area (Å²) in [6.07, 6.45) is 0. The summed E-state index contributed by atoms with van der Waals surface area (Å²) in [4.78, 5) is 13.5. The number of para-hydroxylation sites is 1. The number of halogens is 2. The number of amides is 1. The van der Waals surface area contributed by atoms with E-state index in [1.54, 1.807) is 24.3 Å². The van der Waals surface area contributed by atoms with Crippen molar-refractivity contribution in [2.75, 3.05) is 17.2 Å². The van der Waals surface area contributed by atoms with Crippen LogP contribution in [-0.2, 0) is 11.3 Å². The molecule has 0 atom stereocenters. The number of hydrogen-bond acceptors (Lipinski definition) is 3. The highest BCUT2D eigenvalue weighted by atomic mass is 35.5. The highest BCUT2D eigenvalue weighted by molar-refractivity contribution is 6.31. The van der Waals surface area contributed by atoms with Crippen LogP contribution in [0.15, 0.2) is 36.4 Å². The normalized spacial score (nSPS) is 13.8. The molecule has 1 amide bonds. The van der Waals surface area contributed by atoms with Gasteiger partial charge in [-0.15, -0.1) is 0 Å². The average molecular weight is 307 g/mol. The number of anilines is 2. The smallest absolute Gasteiger partial charge is 0.265 e. The second kappa shape index (κ2) is 5.26. The van der Waals surface area contributed by atoms with Crippen LogP contribution in [0.3, 0.4) is 0 Å². The quantitative estimate of drug-likeness (QED) is 0.868. The molecule has 2 N–H and O–H groups in total. The van der Waals surface area contributed by atoms with Gasteiger partial charge in [0.2, 0.25) is 0 Å². The maximum absolute atomic E-state index is 13.9. The summed E-state index contributed by atoms with van der Waals surface area (Å²) in [5.74, 6) is -0.250. The summed E-state index contributed by atoms with van der Waals surface area (Å²) in [5, 5.41) is 0.269. The van der Waals surface area contributed by atoms with Crippen molar-refractivity contribution in [2.45, 2.75) is 6.54 Å². The van der Waals surface area contributed by atoms with Gasteiger partial charge in [-0.3, -0.25) is 9.69 Å². The summed E-state index contributed by atoms with van der Waals surface area (Å²) >= 11 is 6.02. The van der Waals surface area contributed by atoms with Crippen molar-refractivity contribution in [1.29, 1.82) is 0 Å². The van der Waals surface area contributed by atoms with E-state index < -0.39 is 5.82 Å². The van der Waals surface area contributed by atoms with Crippen molar-refractivity contribution in [1.82, 2.24) is 0 Å². The Morgan fingerprint density at radius 3 is 2.81 bits per heavy atom. The zero-order valence-corrected chi connectivity index (χ0v) is 11.7. The molecule has 2 aromatic rings. The Balaban J connectivity index is 2.05. The fourth-order valence-corrected chi connectivity index (χ4v) is 2.52. The molecule has 6 heteroatoms. The predicted octanol–water partition coefficient (Wildman–Crippen LogP) is 2.99. The predicted molar refractivity (Wildman–Crippen MR) is 78.9 cm³/mol. The first-order valence-corrected chi connectivity index (χ1v) is 6.70. The number of nitrogens with zero attached hydrogens (tertiary/aromatic N) is 1. The highest BCUT2D eigenvalue weighted by Gasteiger charge is 2.28. The van der Waals surface area contributed by atoms with Crippen LogP contribution in [0.4, 0.5) is 15.8 Å². The van der Waals surface area contributed by atoms with Gasteiger partial charge in [-0.25, -0.2) is 4.39 Å². The summed E-state index contributed by atoms with van der Waals surface area (Å²) in [6.45, 7) is -0.0998. The fraction of sp³-hybridized carbons (Fsp3) is 0.133. The van der Waals surface area contributed by atoms with Gasteiger partial charge in [0.25, 0.3) is 5.91 Å². The minimum absolute atomic E-state index is 0.00884. The van der Waals surface area contributed by atoms with Crippen LogP contribution in [0.2, 0.25) is 5.02 Å². The van der Waals surface area contributed by atoms with E-state index in [0.717, 1.165) is 0 Å². The molecule has 0 radical (unpaired) electrons. The van der Waals surface area contributed by atoms with E-state index in [-0.39, 0.29) is 29.6 Å². The second-order valence-corrected chi connectivity index (χ2v) is 5.07. The Labute approximate surface area is 125 Å². The van der Waals surface area contributed by atoms with Crippen LogP contribution in [0.25, 0.3) is 0 Å². The SMILES string of the molecule is Nc1cccc2c1N(Cc1c(F)cccc1Cl)C(=O)CO2. The zero-order chi connectivity index (χ0) is 15.0. The second-order valence-electron chi connectivity index (χ2n) is 4.66. The van der Waals surface area contributed by atoms with Gasteiger partial charge in [-0.1, -0.05) is 23.7 Å².